The summed E-state index contributed by atoms with van der Waals surface area (Å²) in [5.74, 6) is -0.0125. The van der Waals surface area contributed by atoms with Gasteiger partial charge in [-0.1, -0.05) is 23.7 Å². The molecule has 1 heterocycles. The lowest BCUT2D eigenvalue weighted by molar-refractivity contribution is 0.628. The number of hydrogen-bond donors (Lipinski definition) is 1. The second-order valence-corrected chi connectivity index (χ2v) is 3.87. The van der Waals surface area contributed by atoms with Crippen LogP contribution in [0.5, 0.6) is 0 Å². The fourth-order valence-electron chi connectivity index (χ4n) is 1.10. The van der Waals surface area contributed by atoms with Crippen LogP contribution in [0.1, 0.15) is 0 Å². The Morgan fingerprint density at radius 3 is 2.79 bits per heavy atom. The summed E-state index contributed by atoms with van der Waals surface area (Å²) in [6, 6.07) is 6.17. The van der Waals surface area contributed by atoms with Crippen molar-refractivity contribution >= 4 is 29.0 Å². The first-order valence-corrected chi connectivity index (χ1v) is 5.00. The zero-order chi connectivity index (χ0) is 10.1. The average Bonchev–Trinajstić information content (AvgIpc) is 2.48. The summed E-state index contributed by atoms with van der Waals surface area (Å²) < 4.78 is 16.8. The molecule has 72 valence electrons. The van der Waals surface area contributed by atoms with Gasteiger partial charge >= 0.3 is 0 Å². The van der Waals surface area contributed by atoms with Gasteiger partial charge < -0.3 is 5.73 Å². The molecule has 0 spiro atoms. The molecular formula is C9H6ClFN2S. The van der Waals surface area contributed by atoms with Gasteiger partial charge in [-0.25, -0.2) is 4.39 Å². The molecule has 2 aromatic rings. The first kappa shape index (κ1) is 9.43. The van der Waals surface area contributed by atoms with E-state index in [0.717, 1.165) is 11.5 Å². The van der Waals surface area contributed by atoms with E-state index in [0.29, 0.717) is 15.5 Å². The number of benzene rings is 1. The zero-order valence-corrected chi connectivity index (χ0v) is 8.57. The normalized spacial score (nSPS) is 10.4. The molecule has 0 saturated heterocycles. The lowest BCUT2D eigenvalue weighted by Gasteiger charge is -1.97. The minimum Gasteiger partial charge on any atom is -0.382 e. The summed E-state index contributed by atoms with van der Waals surface area (Å²) in [5, 5.41) is 0.389. The highest BCUT2D eigenvalue weighted by Crippen LogP contribution is 2.35. The van der Waals surface area contributed by atoms with E-state index in [2.05, 4.69) is 4.37 Å². The second-order valence-electron chi connectivity index (χ2n) is 2.72. The Balaban J connectivity index is 2.55. The predicted octanol–water partition coefficient (Wildman–Crippen LogP) is 3.18. The predicted molar refractivity (Wildman–Crippen MR) is 56.9 cm³/mol. The number of rotatable bonds is 1. The molecule has 0 unspecified atom stereocenters. The number of nitrogen functional groups attached to an aromatic ring is 1. The molecule has 0 atom stereocenters. The molecule has 2 rings (SSSR count). The van der Waals surface area contributed by atoms with Gasteiger partial charge in [-0.3, -0.25) is 0 Å². The largest absolute Gasteiger partial charge is 0.382 e. The first-order chi connectivity index (χ1) is 6.68. The van der Waals surface area contributed by atoms with Crippen molar-refractivity contribution in [2.24, 2.45) is 0 Å². The molecule has 2 N–H and O–H groups in total. The summed E-state index contributed by atoms with van der Waals surface area (Å²) in [4.78, 5) is 0.698. The molecule has 2 nitrogen and oxygen atoms in total. The maximum absolute atomic E-state index is 12.9. The van der Waals surface area contributed by atoms with Gasteiger partial charge in [0.2, 0.25) is 0 Å². The minimum absolute atomic E-state index is 0.288. The molecule has 1 aromatic carbocycles. The Bertz CT molecular complexity index is 470. The molecule has 14 heavy (non-hydrogen) atoms. The lowest BCUT2D eigenvalue weighted by atomic mass is 10.2. The Morgan fingerprint density at radius 1 is 1.43 bits per heavy atom. The van der Waals surface area contributed by atoms with Crippen molar-refractivity contribution < 1.29 is 4.39 Å². The Hall–Kier alpha value is -1.13. The summed E-state index contributed by atoms with van der Waals surface area (Å²) >= 11 is 7.06. The van der Waals surface area contributed by atoms with Gasteiger partial charge in [-0.15, -0.1) is 0 Å². The molecular weight excluding hydrogens is 223 g/mol. The fraction of sp³-hybridized carbons (Fsp3) is 0. The van der Waals surface area contributed by atoms with Crippen molar-refractivity contribution in [3.63, 3.8) is 0 Å². The molecule has 1 aromatic heterocycles. The number of hydrogen-bond acceptors (Lipinski definition) is 3. The van der Waals surface area contributed by atoms with E-state index < -0.39 is 0 Å². The standard InChI is InChI=1S/C9H6ClFN2S/c10-7-8(14-13-9(7)12)5-2-1-3-6(11)4-5/h1-4H,(H2,12,13). The lowest BCUT2D eigenvalue weighted by Crippen LogP contribution is -1.83. The third-order valence-electron chi connectivity index (χ3n) is 1.75. The monoisotopic (exact) mass is 228 g/mol. The van der Waals surface area contributed by atoms with E-state index >= 15 is 0 Å². The van der Waals surface area contributed by atoms with E-state index in [1.807, 2.05) is 0 Å². The number of halogens is 2. The smallest absolute Gasteiger partial charge is 0.156 e. The second kappa shape index (κ2) is 3.55. The van der Waals surface area contributed by atoms with Crippen LogP contribution in [0.25, 0.3) is 10.4 Å². The van der Waals surface area contributed by atoms with Gasteiger partial charge in [0.15, 0.2) is 5.82 Å². The summed E-state index contributed by atoms with van der Waals surface area (Å²) in [7, 11) is 0. The molecule has 0 bridgehead atoms. The van der Waals surface area contributed by atoms with Crippen LogP contribution in [0.15, 0.2) is 24.3 Å². The third-order valence-corrected chi connectivity index (χ3v) is 3.15. The Morgan fingerprint density at radius 2 is 2.21 bits per heavy atom. The maximum atomic E-state index is 12.9. The van der Waals surface area contributed by atoms with Gasteiger partial charge in [0.05, 0.1) is 4.88 Å². The maximum Gasteiger partial charge on any atom is 0.156 e. The van der Waals surface area contributed by atoms with Crippen molar-refractivity contribution in [3.05, 3.63) is 35.1 Å². The number of aromatic nitrogens is 1. The van der Waals surface area contributed by atoms with Crippen LogP contribution in [-0.4, -0.2) is 4.37 Å². The number of nitrogens with zero attached hydrogens (tertiary/aromatic N) is 1. The highest BCUT2D eigenvalue weighted by molar-refractivity contribution is 7.10. The average molecular weight is 229 g/mol. The van der Waals surface area contributed by atoms with Gasteiger partial charge in [0, 0.05) is 0 Å². The van der Waals surface area contributed by atoms with Gasteiger partial charge in [0.25, 0.3) is 0 Å². The van der Waals surface area contributed by atoms with Crippen molar-refractivity contribution in [1.82, 2.24) is 4.37 Å². The van der Waals surface area contributed by atoms with Crippen LogP contribution >= 0.6 is 23.1 Å². The van der Waals surface area contributed by atoms with Gasteiger partial charge in [-0.2, -0.15) is 4.37 Å². The highest BCUT2D eigenvalue weighted by atomic mass is 35.5. The molecule has 5 heteroatoms. The third kappa shape index (κ3) is 1.58. The van der Waals surface area contributed by atoms with Crippen molar-refractivity contribution in [2.45, 2.75) is 0 Å². The fourth-order valence-corrected chi connectivity index (χ4v) is 2.10. The van der Waals surface area contributed by atoms with E-state index in [1.165, 1.54) is 12.1 Å². The topological polar surface area (TPSA) is 38.9 Å². The molecule has 0 amide bonds. The van der Waals surface area contributed by atoms with Crippen LogP contribution in [-0.2, 0) is 0 Å². The summed E-state index contributed by atoms with van der Waals surface area (Å²) in [6.45, 7) is 0. The minimum atomic E-state index is -0.300. The van der Waals surface area contributed by atoms with Crippen molar-refractivity contribution in [2.75, 3.05) is 5.73 Å². The number of anilines is 1. The molecule has 0 fully saturated rings. The van der Waals surface area contributed by atoms with Crippen molar-refractivity contribution in [3.8, 4) is 10.4 Å². The van der Waals surface area contributed by atoms with E-state index in [1.54, 1.807) is 12.1 Å². The zero-order valence-electron chi connectivity index (χ0n) is 7.00. The Kier molecular flexibility index (Phi) is 2.39. The quantitative estimate of drug-likeness (QED) is 0.814. The van der Waals surface area contributed by atoms with Crippen LogP contribution in [0.3, 0.4) is 0 Å². The van der Waals surface area contributed by atoms with Gasteiger partial charge in [0.1, 0.15) is 10.8 Å². The molecule has 0 radical (unpaired) electrons. The SMILES string of the molecule is Nc1nsc(-c2cccc(F)c2)c1Cl. The molecule has 0 aliphatic carbocycles. The van der Waals surface area contributed by atoms with Crippen molar-refractivity contribution in [1.29, 1.82) is 0 Å². The summed E-state index contributed by atoms with van der Waals surface area (Å²) in [5.41, 5.74) is 6.19. The van der Waals surface area contributed by atoms with E-state index in [4.69, 9.17) is 17.3 Å². The molecule has 0 aliphatic rings. The first-order valence-electron chi connectivity index (χ1n) is 3.85. The van der Waals surface area contributed by atoms with Crippen LogP contribution in [0, 0.1) is 5.82 Å². The van der Waals surface area contributed by atoms with E-state index in [9.17, 15) is 4.39 Å². The molecule has 0 saturated carbocycles. The van der Waals surface area contributed by atoms with E-state index in [-0.39, 0.29) is 11.6 Å². The van der Waals surface area contributed by atoms with Crippen LogP contribution in [0.4, 0.5) is 10.2 Å². The Labute approximate surface area is 89.3 Å². The van der Waals surface area contributed by atoms with Crippen LogP contribution < -0.4 is 5.73 Å². The molecule has 0 aliphatic heterocycles. The van der Waals surface area contributed by atoms with Gasteiger partial charge in [-0.05, 0) is 29.2 Å². The summed E-state index contributed by atoms with van der Waals surface area (Å²) in [6.07, 6.45) is 0. The van der Waals surface area contributed by atoms with Crippen LogP contribution in [0.2, 0.25) is 5.02 Å². The highest BCUT2D eigenvalue weighted by Gasteiger charge is 2.10. The number of nitrogens with two attached hydrogens (primary N) is 1.